The number of carbonyl (C=O) groups excluding carboxylic acids is 1. The number of nitrogens with zero attached hydrogens (tertiary/aromatic N) is 4. The summed E-state index contributed by atoms with van der Waals surface area (Å²) in [5.74, 6) is 0.368. The molecule has 2 heterocycles. The molecule has 0 fully saturated rings. The minimum atomic E-state index is -0.308. The predicted octanol–water partition coefficient (Wildman–Crippen LogP) is 3.11. The second-order valence-corrected chi connectivity index (χ2v) is 6.77. The SMILES string of the molecule is Cc1nccc(-c2cccc(NC(=O)Cn3cnc4c(C)cccc4c3=O)c2)n1. The highest BCUT2D eigenvalue weighted by Gasteiger charge is 2.10. The van der Waals surface area contributed by atoms with E-state index in [1.165, 1.54) is 10.9 Å². The Kier molecular flexibility index (Phi) is 4.87. The van der Waals surface area contributed by atoms with Crippen LogP contribution in [0.5, 0.6) is 0 Å². The van der Waals surface area contributed by atoms with Gasteiger partial charge in [0.2, 0.25) is 5.91 Å². The van der Waals surface area contributed by atoms with Crippen molar-refractivity contribution in [1.29, 1.82) is 0 Å². The number of hydrogen-bond acceptors (Lipinski definition) is 5. The molecule has 0 atom stereocenters. The summed E-state index contributed by atoms with van der Waals surface area (Å²) >= 11 is 0. The van der Waals surface area contributed by atoms with E-state index in [1.54, 1.807) is 18.3 Å². The average Bonchev–Trinajstić information content (AvgIpc) is 2.71. The number of nitrogens with one attached hydrogen (secondary N) is 1. The molecule has 0 aliphatic heterocycles. The molecule has 0 spiro atoms. The van der Waals surface area contributed by atoms with Crippen molar-refractivity contribution in [2.45, 2.75) is 20.4 Å². The Balaban J connectivity index is 1.55. The van der Waals surface area contributed by atoms with E-state index in [0.29, 0.717) is 22.4 Å². The minimum Gasteiger partial charge on any atom is -0.325 e. The summed E-state index contributed by atoms with van der Waals surface area (Å²) in [5.41, 5.74) is 3.61. The van der Waals surface area contributed by atoms with Gasteiger partial charge in [-0.05, 0) is 43.7 Å². The molecule has 0 saturated carbocycles. The first-order valence-electron chi connectivity index (χ1n) is 9.16. The second kappa shape index (κ2) is 7.63. The number of aryl methyl sites for hydroxylation is 2. The van der Waals surface area contributed by atoms with Gasteiger partial charge in [-0.15, -0.1) is 0 Å². The molecule has 0 aliphatic rings. The summed E-state index contributed by atoms with van der Waals surface area (Å²) in [6.45, 7) is 3.61. The molecule has 4 rings (SSSR count). The van der Waals surface area contributed by atoms with Gasteiger partial charge in [0.15, 0.2) is 0 Å². The standard InChI is InChI=1S/C22H19N5O2/c1-14-5-3-8-18-21(14)24-13-27(22(18)29)12-20(28)26-17-7-4-6-16(11-17)19-9-10-23-15(2)25-19/h3-11,13H,12H2,1-2H3,(H,26,28). The number of hydrogen-bond donors (Lipinski definition) is 1. The van der Waals surface area contributed by atoms with Crippen molar-refractivity contribution in [3.05, 3.63) is 82.8 Å². The molecule has 4 aromatic rings. The van der Waals surface area contributed by atoms with Crippen LogP contribution in [0.25, 0.3) is 22.2 Å². The van der Waals surface area contributed by atoms with Gasteiger partial charge in [-0.2, -0.15) is 0 Å². The van der Waals surface area contributed by atoms with E-state index in [9.17, 15) is 9.59 Å². The van der Waals surface area contributed by atoms with Gasteiger partial charge in [-0.3, -0.25) is 14.2 Å². The molecule has 0 bridgehead atoms. The zero-order valence-corrected chi connectivity index (χ0v) is 16.1. The van der Waals surface area contributed by atoms with Crippen LogP contribution in [0.3, 0.4) is 0 Å². The molecule has 0 unspecified atom stereocenters. The molecule has 0 radical (unpaired) electrons. The number of fused-ring (bicyclic) bond motifs is 1. The van der Waals surface area contributed by atoms with Crippen molar-refractivity contribution < 1.29 is 4.79 Å². The summed E-state index contributed by atoms with van der Waals surface area (Å²) in [7, 11) is 0. The smallest absolute Gasteiger partial charge is 0.261 e. The number of benzene rings is 2. The first-order valence-corrected chi connectivity index (χ1v) is 9.16. The minimum absolute atomic E-state index is 0.118. The molecule has 2 aromatic heterocycles. The number of rotatable bonds is 4. The lowest BCUT2D eigenvalue weighted by molar-refractivity contribution is -0.116. The van der Waals surface area contributed by atoms with E-state index in [4.69, 9.17) is 0 Å². The van der Waals surface area contributed by atoms with Gasteiger partial charge < -0.3 is 5.32 Å². The van der Waals surface area contributed by atoms with Crippen LogP contribution in [-0.2, 0) is 11.3 Å². The first-order chi connectivity index (χ1) is 14.0. The van der Waals surface area contributed by atoms with Crippen LogP contribution in [0.1, 0.15) is 11.4 Å². The summed E-state index contributed by atoms with van der Waals surface area (Å²) in [6, 6.07) is 14.6. The van der Waals surface area contributed by atoms with E-state index in [1.807, 2.05) is 50.2 Å². The Morgan fingerprint density at radius 1 is 1.07 bits per heavy atom. The summed E-state index contributed by atoms with van der Waals surface area (Å²) < 4.78 is 1.31. The Morgan fingerprint density at radius 3 is 2.72 bits per heavy atom. The van der Waals surface area contributed by atoms with Crippen molar-refractivity contribution in [2.24, 2.45) is 0 Å². The quantitative estimate of drug-likeness (QED) is 0.583. The van der Waals surface area contributed by atoms with Crippen LogP contribution >= 0.6 is 0 Å². The molecule has 0 aliphatic carbocycles. The fraction of sp³-hybridized carbons (Fsp3) is 0.136. The monoisotopic (exact) mass is 385 g/mol. The van der Waals surface area contributed by atoms with Gasteiger partial charge in [0.05, 0.1) is 22.9 Å². The summed E-state index contributed by atoms with van der Waals surface area (Å²) in [6.07, 6.45) is 3.11. The molecular weight excluding hydrogens is 366 g/mol. The summed E-state index contributed by atoms with van der Waals surface area (Å²) in [5, 5.41) is 3.33. The zero-order valence-electron chi connectivity index (χ0n) is 16.1. The van der Waals surface area contributed by atoms with Gasteiger partial charge >= 0.3 is 0 Å². The fourth-order valence-electron chi connectivity index (χ4n) is 3.18. The Morgan fingerprint density at radius 2 is 1.90 bits per heavy atom. The number of anilines is 1. The topological polar surface area (TPSA) is 89.8 Å². The van der Waals surface area contributed by atoms with Crippen LogP contribution < -0.4 is 10.9 Å². The second-order valence-electron chi connectivity index (χ2n) is 6.77. The number of para-hydroxylation sites is 1. The molecule has 1 N–H and O–H groups in total. The van der Waals surface area contributed by atoms with Crippen molar-refractivity contribution in [2.75, 3.05) is 5.32 Å². The van der Waals surface area contributed by atoms with Crippen LogP contribution in [0.4, 0.5) is 5.69 Å². The number of aromatic nitrogens is 4. The maximum absolute atomic E-state index is 12.7. The van der Waals surface area contributed by atoms with Gasteiger partial charge in [0.25, 0.3) is 5.56 Å². The van der Waals surface area contributed by atoms with Gasteiger partial charge in [-0.1, -0.05) is 24.3 Å². The highest BCUT2D eigenvalue weighted by atomic mass is 16.2. The largest absolute Gasteiger partial charge is 0.325 e. The fourth-order valence-corrected chi connectivity index (χ4v) is 3.18. The number of carbonyl (C=O) groups is 1. The Labute approximate surface area is 167 Å². The molecule has 2 aromatic carbocycles. The highest BCUT2D eigenvalue weighted by molar-refractivity contribution is 5.91. The number of amides is 1. The van der Waals surface area contributed by atoms with Crippen molar-refractivity contribution in [3.8, 4) is 11.3 Å². The van der Waals surface area contributed by atoms with E-state index in [0.717, 1.165) is 16.8 Å². The van der Waals surface area contributed by atoms with Crippen molar-refractivity contribution in [1.82, 2.24) is 19.5 Å². The lowest BCUT2D eigenvalue weighted by Gasteiger charge is -2.10. The third-order valence-electron chi connectivity index (χ3n) is 4.59. The van der Waals surface area contributed by atoms with Gasteiger partial charge in [0, 0.05) is 17.4 Å². The van der Waals surface area contributed by atoms with E-state index in [-0.39, 0.29) is 18.0 Å². The van der Waals surface area contributed by atoms with Crippen LogP contribution in [-0.4, -0.2) is 25.4 Å². The lowest BCUT2D eigenvalue weighted by Crippen LogP contribution is -2.28. The predicted molar refractivity (Wildman–Crippen MR) is 112 cm³/mol. The normalized spacial score (nSPS) is 10.8. The Bertz CT molecular complexity index is 1280. The first kappa shape index (κ1) is 18.5. The Hall–Kier alpha value is -3.87. The zero-order chi connectivity index (χ0) is 20.4. The third-order valence-corrected chi connectivity index (χ3v) is 4.59. The maximum Gasteiger partial charge on any atom is 0.261 e. The molecule has 144 valence electrons. The molecule has 7 nitrogen and oxygen atoms in total. The molecular formula is C22H19N5O2. The molecule has 1 amide bonds. The maximum atomic E-state index is 12.7. The average molecular weight is 385 g/mol. The molecule has 0 saturated heterocycles. The van der Waals surface area contributed by atoms with E-state index in [2.05, 4.69) is 20.3 Å². The van der Waals surface area contributed by atoms with Crippen LogP contribution in [0.15, 0.2) is 65.8 Å². The molecule has 29 heavy (non-hydrogen) atoms. The van der Waals surface area contributed by atoms with Crippen molar-refractivity contribution in [3.63, 3.8) is 0 Å². The van der Waals surface area contributed by atoms with Crippen LogP contribution in [0.2, 0.25) is 0 Å². The van der Waals surface area contributed by atoms with Crippen molar-refractivity contribution >= 4 is 22.5 Å². The van der Waals surface area contributed by atoms with Crippen LogP contribution in [0, 0.1) is 13.8 Å². The van der Waals surface area contributed by atoms with Gasteiger partial charge in [0.1, 0.15) is 12.4 Å². The third kappa shape index (κ3) is 3.89. The summed E-state index contributed by atoms with van der Waals surface area (Å²) in [4.78, 5) is 38.0. The highest BCUT2D eigenvalue weighted by Crippen LogP contribution is 2.20. The van der Waals surface area contributed by atoms with E-state index >= 15 is 0 Å². The molecule has 7 heteroatoms. The van der Waals surface area contributed by atoms with Gasteiger partial charge in [-0.25, -0.2) is 15.0 Å². The lowest BCUT2D eigenvalue weighted by atomic mass is 10.1. The van der Waals surface area contributed by atoms with E-state index < -0.39 is 0 Å².